The first-order valence-electron chi connectivity index (χ1n) is 9.36. The molecule has 1 aliphatic rings. The molecule has 0 amide bonds. The van der Waals surface area contributed by atoms with Crippen molar-refractivity contribution in [3.63, 3.8) is 0 Å². The predicted molar refractivity (Wildman–Crippen MR) is 111 cm³/mol. The van der Waals surface area contributed by atoms with Crippen LogP contribution >= 0.6 is 0 Å². The van der Waals surface area contributed by atoms with Crippen LogP contribution in [0.25, 0.3) is 0 Å². The lowest BCUT2D eigenvalue weighted by atomic mass is 10.0. The smallest absolute Gasteiger partial charge is 0.0989 e. The van der Waals surface area contributed by atoms with E-state index in [2.05, 4.69) is 106 Å². The van der Waals surface area contributed by atoms with Gasteiger partial charge < -0.3 is 9.80 Å². The summed E-state index contributed by atoms with van der Waals surface area (Å²) in [5.41, 5.74) is 6.67. The Morgan fingerprint density at radius 2 is 1.40 bits per heavy atom. The van der Waals surface area contributed by atoms with E-state index in [1.54, 1.807) is 0 Å². The van der Waals surface area contributed by atoms with Gasteiger partial charge in [0, 0.05) is 23.8 Å². The van der Waals surface area contributed by atoms with Gasteiger partial charge >= 0.3 is 0 Å². The van der Waals surface area contributed by atoms with Crippen LogP contribution in [0.4, 0.5) is 11.4 Å². The first-order valence-corrected chi connectivity index (χ1v) is 9.36. The first-order chi connectivity index (χ1) is 12.0. The zero-order valence-corrected chi connectivity index (χ0v) is 16.6. The van der Waals surface area contributed by atoms with Crippen LogP contribution in [0.1, 0.15) is 56.7 Å². The van der Waals surface area contributed by atoms with Gasteiger partial charge in [0.2, 0.25) is 0 Å². The molecule has 2 heteroatoms. The van der Waals surface area contributed by atoms with Gasteiger partial charge in [0.15, 0.2) is 0 Å². The number of rotatable bonds is 3. The van der Waals surface area contributed by atoms with Crippen LogP contribution in [0.2, 0.25) is 0 Å². The summed E-state index contributed by atoms with van der Waals surface area (Å²) >= 11 is 0. The van der Waals surface area contributed by atoms with Gasteiger partial charge in [-0.15, -0.1) is 0 Å². The van der Waals surface area contributed by atoms with Crippen LogP contribution in [0, 0.1) is 13.8 Å². The van der Waals surface area contributed by atoms with E-state index in [1.165, 1.54) is 34.5 Å². The fourth-order valence-corrected chi connectivity index (χ4v) is 3.22. The number of aryl methyl sites for hydroxylation is 2. The molecule has 0 saturated heterocycles. The number of anilines is 2. The average molecular weight is 337 g/mol. The second kappa shape index (κ2) is 8.75. The molecule has 134 valence electrons. The monoisotopic (exact) mass is 336 g/mol. The van der Waals surface area contributed by atoms with Crippen LogP contribution in [-0.2, 0) is 0 Å². The molecule has 2 nitrogen and oxygen atoms in total. The summed E-state index contributed by atoms with van der Waals surface area (Å²) in [5, 5.41) is 0. The van der Waals surface area contributed by atoms with Crippen molar-refractivity contribution in [3.8, 4) is 0 Å². The van der Waals surface area contributed by atoms with E-state index >= 15 is 0 Å². The summed E-state index contributed by atoms with van der Waals surface area (Å²) in [6, 6.07) is 15.2. The summed E-state index contributed by atoms with van der Waals surface area (Å²) in [7, 11) is 0. The first kappa shape index (κ1) is 19.1. The van der Waals surface area contributed by atoms with Gasteiger partial charge in [0.05, 0.1) is 6.67 Å². The molecule has 1 heterocycles. The van der Waals surface area contributed by atoms with Crippen molar-refractivity contribution in [3.05, 3.63) is 71.6 Å². The van der Waals surface area contributed by atoms with Gasteiger partial charge in [-0.1, -0.05) is 70.5 Å². The van der Waals surface area contributed by atoms with Crippen molar-refractivity contribution in [2.24, 2.45) is 0 Å². The molecule has 0 aliphatic carbocycles. The van der Waals surface area contributed by atoms with Gasteiger partial charge in [0.25, 0.3) is 0 Å². The number of nitrogens with zero attached hydrogens (tertiary/aromatic N) is 2. The molecule has 2 aromatic rings. The Kier molecular flexibility index (Phi) is 6.69. The zero-order valence-electron chi connectivity index (χ0n) is 16.6. The second-order valence-corrected chi connectivity index (χ2v) is 7.04. The van der Waals surface area contributed by atoms with Crippen molar-refractivity contribution < 1.29 is 0 Å². The molecule has 0 aromatic heterocycles. The summed E-state index contributed by atoms with van der Waals surface area (Å²) in [6.07, 6.45) is 5.62. The minimum Gasteiger partial charge on any atom is -0.328 e. The van der Waals surface area contributed by atoms with E-state index in [1.807, 2.05) is 0 Å². The maximum absolute atomic E-state index is 2.34. The lowest BCUT2D eigenvalue weighted by molar-refractivity contribution is 0.852. The van der Waals surface area contributed by atoms with Gasteiger partial charge in [0.1, 0.15) is 0 Å². The summed E-state index contributed by atoms with van der Waals surface area (Å²) in [5.74, 6) is 0.527. The Hall–Kier alpha value is -2.22. The fraction of sp³-hybridized carbons (Fsp3) is 0.391. The number of hydrogen-bond donors (Lipinski definition) is 0. The predicted octanol–water partition coefficient (Wildman–Crippen LogP) is 6.60. The summed E-state index contributed by atoms with van der Waals surface area (Å²) < 4.78 is 0. The molecule has 0 radical (unpaired) electrons. The highest BCUT2D eigenvalue weighted by molar-refractivity contribution is 5.66. The van der Waals surface area contributed by atoms with Crippen molar-refractivity contribution >= 4 is 11.4 Å². The topological polar surface area (TPSA) is 6.48 Å². The van der Waals surface area contributed by atoms with Crippen molar-refractivity contribution in [2.45, 2.75) is 53.9 Å². The van der Waals surface area contributed by atoms with Crippen LogP contribution in [0.3, 0.4) is 0 Å². The maximum atomic E-state index is 2.34. The molecule has 0 bridgehead atoms. The highest BCUT2D eigenvalue weighted by atomic mass is 15.3. The Balaban J connectivity index is 0.000000701. The number of benzene rings is 2. The minimum absolute atomic E-state index is 0.527. The summed E-state index contributed by atoms with van der Waals surface area (Å²) in [6.45, 7) is 14.0. The molecule has 25 heavy (non-hydrogen) atoms. The Morgan fingerprint density at radius 3 is 2.00 bits per heavy atom. The third-order valence-electron chi connectivity index (χ3n) is 4.33. The van der Waals surface area contributed by atoms with E-state index in [0.717, 1.165) is 6.67 Å². The molecule has 1 aliphatic heterocycles. The minimum atomic E-state index is 0.527. The Labute approximate surface area is 153 Å². The molecule has 3 rings (SSSR count). The van der Waals surface area contributed by atoms with Gasteiger partial charge in [-0.25, -0.2) is 0 Å². The standard InChI is InChI=1S/C20H24N2.C3H8/c1-15(2)18-10-5-6-11-19(18)21-12-13-22(14-21)20-16(3)8-7-9-17(20)4;1-3-2/h5-13,15H,14H2,1-4H3;3H2,1-2H3. The summed E-state index contributed by atoms with van der Waals surface area (Å²) in [4.78, 5) is 4.67. The van der Waals surface area contributed by atoms with Crippen LogP contribution in [0.5, 0.6) is 0 Å². The molecule has 0 N–H and O–H groups in total. The SMILES string of the molecule is CCC.Cc1cccc(C)c1N1C=CN(c2ccccc2C(C)C)C1. The molecular formula is C23H32N2. The molecule has 0 atom stereocenters. The molecular weight excluding hydrogens is 304 g/mol. The number of para-hydroxylation sites is 2. The van der Waals surface area contributed by atoms with Gasteiger partial charge in [-0.05, 0) is 42.5 Å². The van der Waals surface area contributed by atoms with Gasteiger partial charge in [-0.2, -0.15) is 0 Å². The zero-order chi connectivity index (χ0) is 18.4. The Morgan fingerprint density at radius 1 is 0.840 bits per heavy atom. The molecule has 0 unspecified atom stereocenters. The van der Waals surface area contributed by atoms with Crippen molar-refractivity contribution in [1.82, 2.24) is 0 Å². The molecule has 0 spiro atoms. The molecule has 0 fully saturated rings. The largest absolute Gasteiger partial charge is 0.328 e. The van der Waals surface area contributed by atoms with Crippen LogP contribution < -0.4 is 9.80 Å². The normalized spacial score (nSPS) is 13.2. The van der Waals surface area contributed by atoms with E-state index in [4.69, 9.17) is 0 Å². The highest BCUT2D eigenvalue weighted by Crippen LogP contribution is 2.32. The van der Waals surface area contributed by atoms with Crippen molar-refractivity contribution in [1.29, 1.82) is 0 Å². The maximum Gasteiger partial charge on any atom is 0.0989 e. The van der Waals surface area contributed by atoms with E-state index in [9.17, 15) is 0 Å². The molecule has 2 aromatic carbocycles. The Bertz CT molecular complexity index is 696. The lowest BCUT2D eigenvalue weighted by Gasteiger charge is -2.26. The third-order valence-corrected chi connectivity index (χ3v) is 4.33. The van der Waals surface area contributed by atoms with E-state index in [-0.39, 0.29) is 0 Å². The van der Waals surface area contributed by atoms with Crippen LogP contribution in [0.15, 0.2) is 54.9 Å². The van der Waals surface area contributed by atoms with Crippen molar-refractivity contribution in [2.75, 3.05) is 16.5 Å². The third kappa shape index (κ3) is 4.45. The van der Waals surface area contributed by atoms with Crippen LogP contribution in [-0.4, -0.2) is 6.67 Å². The average Bonchev–Trinajstić information content (AvgIpc) is 3.05. The van der Waals surface area contributed by atoms with E-state index < -0.39 is 0 Å². The number of hydrogen-bond acceptors (Lipinski definition) is 2. The quantitative estimate of drug-likeness (QED) is 0.623. The fourth-order valence-electron chi connectivity index (χ4n) is 3.22. The highest BCUT2D eigenvalue weighted by Gasteiger charge is 2.20. The molecule has 0 saturated carbocycles. The van der Waals surface area contributed by atoms with E-state index in [0.29, 0.717) is 5.92 Å². The second-order valence-electron chi connectivity index (χ2n) is 7.04. The lowest BCUT2D eigenvalue weighted by Crippen LogP contribution is -2.26. The van der Waals surface area contributed by atoms with Gasteiger partial charge in [-0.3, -0.25) is 0 Å².